The molecule has 9 nitrogen and oxygen atoms in total. The highest BCUT2D eigenvalue weighted by molar-refractivity contribution is 7.80. The first kappa shape index (κ1) is 22.9. The van der Waals surface area contributed by atoms with Crippen molar-refractivity contribution in [3.05, 3.63) is 101 Å². The zero-order valence-corrected chi connectivity index (χ0v) is 19.0. The van der Waals surface area contributed by atoms with Gasteiger partial charge in [-0.1, -0.05) is 12.1 Å². The average Bonchev–Trinajstić information content (AvgIpc) is 3.52. The van der Waals surface area contributed by atoms with E-state index in [4.69, 9.17) is 21.1 Å². The first-order chi connectivity index (χ1) is 17.4. The maximum atomic E-state index is 13.2. The smallest absolute Gasteiger partial charge is 0.293 e. The Bertz CT molecular complexity index is 1630. The standard InChI is InChI=1S/C25H15FN4O5S/c26-16-6-4-14(5-7-16)24-28-19-13-17(8-9-21(19)35-24)27-25(36)29-23(31)22-11-10-20(34-22)15-2-1-3-18(12-15)30(32)33/h1-13H,(H2,27,29,31,36). The Labute approximate surface area is 207 Å². The normalized spacial score (nSPS) is 10.8. The Balaban J connectivity index is 1.26. The molecular formula is C25H15FN4O5S. The summed E-state index contributed by atoms with van der Waals surface area (Å²) in [7, 11) is 0. The number of hydrogen-bond donors (Lipinski definition) is 2. The van der Waals surface area contributed by atoms with Gasteiger partial charge in [-0.2, -0.15) is 0 Å². The number of furan rings is 1. The summed E-state index contributed by atoms with van der Waals surface area (Å²) in [6.07, 6.45) is 0. The van der Waals surface area contributed by atoms with Crippen LogP contribution in [0.3, 0.4) is 0 Å². The van der Waals surface area contributed by atoms with Crippen LogP contribution in [0.4, 0.5) is 15.8 Å². The molecule has 0 spiro atoms. The van der Waals surface area contributed by atoms with Crippen molar-refractivity contribution >= 4 is 45.7 Å². The number of thiocarbonyl (C=S) groups is 1. The molecule has 0 aliphatic rings. The SMILES string of the molecule is O=C(NC(=S)Nc1ccc2oc(-c3ccc(F)cc3)nc2c1)c1ccc(-c2cccc([N+](=O)[O-])c2)o1. The first-order valence-electron chi connectivity index (χ1n) is 10.5. The van der Waals surface area contributed by atoms with Crippen LogP contribution in [0, 0.1) is 15.9 Å². The third-order valence-corrected chi connectivity index (χ3v) is 5.34. The van der Waals surface area contributed by atoms with Gasteiger partial charge in [0.15, 0.2) is 16.5 Å². The maximum absolute atomic E-state index is 13.2. The third kappa shape index (κ3) is 4.81. The van der Waals surface area contributed by atoms with Crippen LogP contribution in [0.15, 0.2) is 87.7 Å². The topological polar surface area (TPSA) is 123 Å². The Morgan fingerprint density at radius 2 is 1.78 bits per heavy atom. The summed E-state index contributed by atoms with van der Waals surface area (Å²) in [5.41, 5.74) is 2.63. The number of anilines is 1. The zero-order valence-electron chi connectivity index (χ0n) is 18.2. The minimum absolute atomic E-state index is 0.0171. The number of hydrogen-bond acceptors (Lipinski definition) is 7. The van der Waals surface area contributed by atoms with Crippen molar-refractivity contribution in [3.63, 3.8) is 0 Å². The van der Waals surface area contributed by atoms with E-state index in [0.29, 0.717) is 39.6 Å². The maximum Gasteiger partial charge on any atom is 0.293 e. The fraction of sp³-hybridized carbons (Fsp3) is 0. The summed E-state index contributed by atoms with van der Waals surface area (Å²) < 4.78 is 24.5. The van der Waals surface area contributed by atoms with Crippen molar-refractivity contribution in [3.8, 4) is 22.8 Å². The number of non-ortho nitro benzene ring substituents is 1. The van der Waals surface area contributed by atoms with Crippen molar-refractivity contribution in [2.24, 2.45) is 0 Å². The predicted octanol–water partition coefficient (Wildman–Crippen LogP) is 5.93. The van der Waals surface area contributed by atoms with Crippen LogP contribution < -0.4 is 10.6 Å². The van der Waals surface area contributed by atoms with E-state index in [1.54, 1.807) is 42.5 Å². The second kappa shape index (κ2) is 9.39. The molecule has 0 aliphatic carbocycles. The van der Waals surface area contributed by atoms with Crippen molar-refractivity contribution in [1.29, 1.82) is 0 Å². The van der Waals surface area contributed by atoms with Gasteiger partial charge in [0.1, 0.15) is 17.1 Å². The monoisotopic (exact) mass is 502 g/mol. The van der Waals surface area contributed by atoms with Crippen LogP contribution in [0.25, 0.3) is 33.9 Å². The lowest BCUT2D eigenvalue weighted by Crippen LogP contribution is -2.33. The lowest BCUT2D eigenvalue weighted by molar-refractivity contribution is -0.384. The van der Waals surface area contributed by atoms with Gasteiger partial charge in [-0.05, 0) is 66.8 Å². The Morgan fingerprint density at radius 3 is 2.56 bits per heavy atom. The number of nitrogens with one attached hydrogen (secondary N) is 2. The van der Waals surface area contributed by atoms with Gasteiger partial charge < -0.3 is 14.2 Å². The highest BCUT2D eigenvalue weighted by Crippen LogP contribution is 2.27. The molecule has 2 N–H and O–H groups in total. The summed E-state index contributed by atoms with van der Waals surface area (Å²) in [5, 5.41) is 16.4. The van der Waals surface area contributed by atoms with Gasteiger partial charge in [0.05, 0.1) is 4.92 Å². The van der Waals surface area contributed by atoms with E-state index >= 15 is 0 Å². The quantitative estimate of drug-likeness (QED) is 0.172. The number of amides is 1. The Kier molecular flexibility index (Phi) is 5.97. The second-order valence-electron chi connectivity index (χ2n) is 7.59. The summed E-state index contributed by atoms with van der Waals surface area (Å²) in [4.78, 5) is 27.5. The summed E-state index contributed by atoms with van der Waals surface area (Å²) in [6.45, 7) is 0. The molecule has 5 aromatic rings. The molecule has 0 fully saturated rings. The summed E-state index contributed by atoms with van der Waals surface area (Å²) >= 11 is 5.24. The van der Waals surface area contributed by atoms with E-state index in [-0.39, 0.29) is 22.4 Å². The highest BCUT2D eigenvalue weighted by Gasteiger charge is 2.16. The molecule has 2 aromatic heterocycles. The van der Waals surface area contributed by atoms with Crippen molar-refractivity contribution < 1.29 is 22.9 Å². The van der Waals surface area contributed by atoms with Gasteiger partial charge in [0, 0.05) is 28.9 Å². The minimum Gasteiger partial charge on any atom is -0.451 e. The molecule has 1 amide bonds. The lowest BCUT2D eigenvalue weighted by Gasteiger charge is -2.08. The first-order valence-corrected chi connectivity index (χ1v) is 10.9. The lowest BCUT2D eigenvalue weighted by atomic mass is 10.1. The molecule has 0 saturated carbocycles. The molecule has 3 aromatic carbocycles. The average molecular weight is 502 g/mol. The van der Waals surface area contributed by atoms with Crippen LogP contribution in [-0.2, 0) is 0 Å². The number of nitro benzene ring substituents is 1. The number of halogens is 1. The number of nitrogens with zero attached hydrogens (tertiary/aromatic N) is 2. The van der Waals surface area contributed by atoms with E-state index < -0.39 is 10.8 Å². The number of fused-ring (bicyclic) bond motifs is 1. The molecule has 0 saturated heterocycles. The van der Waals surface area contributed by atoms with E-state index in [1.807, 2.05) is 0 Å². The van der Waals surface area contributed by atoms with Crippen LogP contribution in [0.5, 0.6) is 0 Å². The predicted molar refractivity (Wildman–Crippen MR) is 134 cm³/mol. The molecule has 0 bridgehead atoms. The molecule has 11 heteroatoms. The Hall–Kier alpha value is -4.90. The van der Waals surface area contributed by atoms with Gasteiger partial charge in [0.25, 0.3) is 11.6 Å². The molecule has 0 atom stereocenters. The number of aromatic nitrogens is 1. The van der Waals surface area contributed by atoms with E-state index in [0.717, 1.165) is 0 Å². The van der Waals surface area contributed by atoms with Crippen molar-refractivity contribution in [2.45, 2.75) is 0 Å². The Morgan fingerprint density at radius 1 is 0.972 bits per heavy atom. The minimum atomic E-state index is -0.592. The van der Waals surface area contributed by atoms with Crippen LogP contribution >= 0.6 is 12.2 Å². The molecule has 178 valence electrons. The van der Waals surface area contributed by atoms with Gasteiger partial charge in [-0.15, -0.1) is 0 Å². The number of carbonyl (C=O) groups excluding carboxylic acids is 1. The number of carbonyl (C=O) groups is 1. The van der Waals surface area contributed by atoms with Crippen LogP contribution in [0.1, 0.15) is 10.6 Å². The molecule has 5 rings (SSSR count). The van der Waals surface area contributed by atoms with E-state index in [2.05, 4.69) is 15.6 Å². The van der Waals surface area contributed by atoms with Crippen molar-refractivity contribution in [2.75, 3.05) is 5.32 Å². The molecule has 0 radical (unpaired) electrons. The number of oxazole rings is 1. The molecule has 2 heterocycles. The summed E-state index contributed by atoms with van der Waals surface area (Å²) in [6, 6.07) is 19.8. The number of nitro groups is 1. The molecule has 0 unspecified atom stereocenters. The van der Waals surface area contributed by atoms with Gasteiger partial charge >= 0.3 is 0 Å². The largest absolute Gasteiger partial charge is 0.451 e. The molecule has 0 aliphatic heterocycles. The number of rotatable bonds is 5. The zero-order chi connectivity index (χ0) is 25.2. The molecule has 36 heavy (non-hydrogen) atoms. The fourth-order valence-corrected chi connectivity index (χ4v) is 3.65. The summed E-state index contributed by atoms with van der Waals surface area (Å²) in [5.74, 6) is -0.319. The van der Waals surface area contributed by atoms with Gasteiger partial charge in [0.2, 0.25) is 5.89 Å². The van der Waals surface area contributed by atoms with Gasteiger partial charge in [-0.3, -0.25) is 20.2 Å². The van der Waals surface area contributed by atoms with E-state index in [9.17, 15) is 19.3 Å². The fourth-order valence-electron chi connectivity index (χ4n) is 3.44. The van der Waals surface area contributed by atoms with Crippen molar-refractivity contribution in [1.82, 2.24) is 10.3 Å². The van der Waals surface area contributed by atoms with Crippen LogP contribution in [-0.4, -0.2) is 20.9 Å². The van der Waals surface area contributed by atoms with Gasteiger partial charge in [-0.25, -0.2) is 9.37 Å². The van der Waals surface area contributed by atoms with E-state index in [1.165, 1.54) is 36.4 Å². The number of benzene rings is 3. The highest BCUT2D eigenvalue weighted by atomic mass is 32.1. The van der Waals surface area contributed by atoms with Crippen LogP contribution in [0.2, 0.25) is 0 Å². The third-order valence-electron chi connectivity index (χ3n) is 5.13. The second-order valence-corrected chi connectivity index (χ2v) is 8.00. The molecular weight excluding hydrogens is 487 g/mol.